The number of carbonyl (C=O) groups is 1. The number of aromatic nitrogens is 3. The summed E-state index contributed by atoms with van der Waals surface area (Å²) in [7, 11) is 1.59. The lowest BCUT2D eigenvalue weighted by Gasteiger charge is -2.02. The van der Waals surface area contributed by atoms with Crippen molar-refractivity contribution in [3.63, 3.8) is 0 Å². The summed E-state index contributed by atoms with van der Waals surface area (Å²) < 4.78 is 5.08. The third-order valence-electron chi connectivity index (χ3n) is 2.91. The average molecular weight is 285 g/mol. The van der Waals surface area contributed by atoms with E-state index in [9.17, 15) is 4.79 Å². The molecule has 1 N–H and O–H groups in total. The number of hydrogen-bond acceptors (Lipinski definition) is 5. The van der Waals surface area contributed by atoms with E-state index in [0.29, 0.717) is 22.7 Å². The number of methoxy groups -OCH3 is 1. The van der Waals surface area contributed by atoms with Crippen LogP contribution in [0, 0.1) is 0 Å². The second-order valence-corrected chi connectivity index (χ2v) is 4.87. The SMILES string of the molecule is COc1ccc(C(=O)c2n[nH]nc2-c2ccsc2)cc1. The maximum atomic E-state index is 12.5. The van der Waals surface area contributed by atoms with Crippen molar-refractivity contribution in [3.8, 4) is 17.0 Å². The van der Waals surface area contributed by atoms with Gasteiger partial charge >= 0.3 is 0 Å². The molecule has 0 saturated heterocycles. The molecule has 0 bridgehead atoms. The van der Waals surface area contributed by atoms with Gasteiger partial charge in [0.05, 0.1) is 7.11 Å². The minimum absolute atomic E-state index is 0.164. The Labute approximate surface area is 119 Å². The van der Waals surface area contributed by atoms with Gasteiger partial charge in [-0.1, -0.05) is 0 Å². The van der Waals surface area contributed by atoms with Gasteiger partial charge in [-0.3, -0.25) is 4.79 Å². The average Bonchev–Trinajstić information content (AvgIpc) is 3.16. The van der Waals surface area contributed by atoms with Crippen molar-refractivity contribution >= 4 is 17.1 Å². The van der Waals surface area contributed by atoms with E-state index in [0.717, 1.165) is 5.56 Å². The van der Waals surface area contributed by atoms with Crippen LogP contribution in [0.4, 0.5) is 0 Å². The van der Waals surface area contributed by atoms with Crippen LogP contribution in [0.5, 0.6) is 5.75 Å². The highest BCUT2D eigenvalue weighted by molar-refractivity contribution is 7.08. The largest absolute Gasteiger partial charge is 0.497 e. The smallest absolute Gasteiger partial charge is 0.215 e. The molecule has 2 heterocycles. The van der Waals surface area contributed by atoms with Gasteiger partial charge in [0, 0.05) is 16.5 Å². The number of aromatic amines is 1. The molecule has 0 aliphatic heterocycles. The number of nitrogens with one attached hydrogen (secondary N) is 1. The molecule has 3 rings (SSSR count). The number of ketones is 1. The van der Waals surface area contributed by atoms with Crippen molar-refractivity contribution in [2.24, 2.45) is 0 Å². The molecule has 6 heteroatoms. The van der Waals surface area contributed by atoms with Crippen LogP contribution in [0.15, 0.2) is 41.1 Å². The summed E-state index contributed by atoms with van der Waals surface area (Å²) in [5, 5.41) is 14.4. The molecule has 0 aliphatic carbocycles. The highest BCUT2D eigenvalue weighted by atomic mass is 32.1. The number of nitrogens with zero attached hydrogens (tertiary/aromatic N) is 2. The number of benzene rings is 1. The van der Waals surface area contributed by atoms with Gasteiger partial charge in [0.25, 0.3) is 0 Å². The third kappa shape index (κ3) is 2.21. The van der Waals surface area contributed by atoms with E-state index < -0.39 is 0 Å². The maximum Gasteiger partial charge on any atom is 0.215 e. The first kappa shape index (κ1) is 12.6. The quantitative estimate of drug-likeness (QED) is 0.748. The van der Waals surface area contributed by atoms with Crippen LogP contribution in [-0.4, -0.2) is 28.3 Å². The zero-order valence-electron chi connectivity index (χ0n) is 10.7. The van der Waals surface area contributed by atoms with Crippen LogP contribution in [-0.2, 0) is 0 Å². The molecule has 1 aromatic carbocycles. The molecule has 20 heavy (non-hydrogen) atoms. The summed E-state index contributed by atoms with van der Waals surface area (Å²) in [4.78, 5) is 12.5. The number of rotatable bonds is 4. The first-order chi connectivity index (χ1) is 9.79. The van der Waals surface area contributed by atoms with Gasteiger partial charge in [0.2, 0.25) is 5.78 Å². The fourth-order valence-electron chi connectivity index (χ4n) is 1.87. The standard InChI is InChI=1S/C14H11N3O2S/c1-19-11-4-2-9(3-5-11)14(18)13-12(15-17-16-13)10-6-7-20-8-10/h2-8H,1H3,(H,15,16,17). The molecular weight excluding hydrogens is 274 g/mol. The maximum absolute atomic E-state index is 12.5. The number of hydrogen-bond donors (Lipinski definition) is 1. The molecule has 0 unspecified atom stereocenters. The van der Waals surface area contributed by atoms with Gasteiger partial charge in [-0.05, 0) is 35.7 Å². The molecule has 2 aromatic heterocycles. The molecule has 0 fully saturated rings. The summed E-state index contributed by atoms with van der Waals surface area (Å²) in [5.74, 6) is 0.544. The van der Waals surface area contributed by atoms with E-state index in [1.165, 1.54) is 0 Å². The van der Waals surface area contributed by atoms with Crippen LogP contribution in [0.1, 0.15) is 16.1 Å². The van der Waals surface area contributed by atoms with Gasteiger partial charge in [-0.15, -0.1) is 0 Å². The molecular formula is C14H11N3O2S. The summed E-state index contributed by atoms with van der Waals surface area (Å²) >= 11 is 1.55. The van der Waals surface area contributed by atoms with E-state index in [1.54, 1.807) is 42.7 Å². The number of H-pyrrole nitrogens is 1. The molecule has 0 saturated carbocycles. The van der Waals surface area contributed by atoms with Crippen molar-refractivity contribution in [2.75, 3.05) is 7.11 Å². The van der Waals surface area contributed by atoms with Crippen LogP contribution < -0.4 is 4.74 Å². The van der Waals surface area contributed by atoms with Crippen LogP contribution in [0.3, 0.4) is 0 Å². The fourth-order valence-corrected chi connectivity index (χ4v) is 2.51. The highest BCUT2D eigenvalue weighted by Gasteiger charge is 2.19. The Balaban J connectivity index is 1.97. The van der Waals surface area contributed by atoms with Crippen LogP contribution in [0.2, 0.25) is 0 Å². The lowest BCUT2D eigenvalue weighted by molar-refractivity contribution is 0.103. The van der Waals surface area contributed by atoms with Gasteiger partial charge in [0.15, 0.2) is 5.69 Å². The Morgan fingerprint density at radius 2 is 2.00 bits per heavy atom. The lowest BCUT2D eigenvalue weighted by Crippen LogP contribution is -2.03. The molecule has 3 aromatic rings. The first-order valence-corrected chi connectivity index (χ1v) is 6.86. The van der Waals surface area contributed by atoms with E-state index in [-0.39, 0.29) is 5.78 Å². The molecule has 0 radical (unpaired) electrons. The van der Waals surface area contributed by atoms with Crippen LogP contribution in [0.25, 0.3) is 11.3 Å². The summed E-state index contributed by atoms with van der Waals surface area (Å²) in [6.45, 7) is 0. The summed E-state index contributed by atoms with van der Waals surface area (Å²) in [6, 6.07) is 8.84. The molecule has 0 amide bonds. The Bertz CT molecular complexity index is 717. The van der Waals surface area contributed by atoms with E-state index in [1.807, 2.05) is 16.8 Å². The van der Waals surface area contributed by atoms with Crippen molar-refractivity contribution < 1.29 is 9.53 Å². The van der Waals surface area contributed by atoms with E-state index in [4.69, 9.17) is 4.74 Å². The predicted octanol–water partition coefficient (Wildman–Crippen LogP) is 2.77. The molecule has 0 aliphatic rings. The third-order valence-corrected chi connectivity index (χ3v) is 3.59. The van der Waals surface area contributed by atoms with Crippen molar-refractivity contribution in [3.05, 3.63) is 52.3 Å². The number of thiophene rings is 1. The normalized spacial score (nSPS) is 10.4. The second-order valence-electron chi connectivity index (χ2n) is 4.09. The highest BCUT2D eigenvalue weighted by Crippen LogP contribution is 2.24. The monoisotopic (exact) mass is 285 g/mol. The predicted molar refractivity (Wildman–Crippen MR) is 76.1 cm³/mol. The zero-order chi connectivity index (χ0) is 13.9. The van der Waals surface area contributed by atoms with Gasteiger partial charge in [0.1, 0.15) is 11.4 Å². The minimum Gasteiger partial charge on any atom is -0.497 e. The summed E-state index contributed by atoms with van der Waals surface area (Å²) in [6.07, 6.45) is 0. The first-order valence-electron chi connectivity index (χ1n) is 5.91. The number of carbonyl (C=O) groups excluding carboxylic acids is 1. The lowest BCUT2D eigenvalue weighted by atomic mass is 10.0. The minimum atomic E-state index is -0.164. The van der Waals surface area contributed by atoms with Crippen molar-refractivity contribution in [1.82, 2.24) is 15.4 Å². The van der Waals surface area contributed by atoms with Crippen LogP contribution >= 0.6 is 11.3 Å². The van der Waals surface area contributed by atoms with E-state index >= 15 is 0 Å². The van der Waals surface area contributed by atoms with Gasteiger partial charge < -0.3 is 4.74 Å². The Hall–Kier alpha value is -2.47. The Morgan fingerprint density at radius 3 is 2.65 bits per heavy atom. The van der Waals surface area contributed by atoms with E-state index in [2.05, 4.69) is 15.4 Å². The van der Waals surface area contributed by atoms with Crippen molar-refractivity contribution in [1.29, 1.82) is 0 Å². The number of ether oxygens (including phenoxy) is 1. The Morgan fingerprint density at radius 1 is 1.20 bits per heavy atom. The molecule has 100 valence electrons. The zero-order valence-corrected chi connectivity index (χ0v) is 11.5. The van der Waals surface area contributed by atoms with Crippen molar-refractivity contribution in [2.45, 2.75) is 0 Å². The topological polar surface area (TPSA) is 67.9 Å². The van der Waals surface area contributed by atoms with Gasteiger partial charge in [-0.25, -0.2) is 0 Å². The van der Waals surface area contributed by atoms with Gasteiger partial charge in [-0.2, -0.15) is 26.7 Å². The summed E-state index contributed by atoms with van der Waals surface area (Å²) in [5.41, 5.74) is 2.34. The molecule has 0 atom stereocenters. The molecule has 5 nitrogen and oxygen atoms in total. The Kier molecular flexibility index (Phi) is 3.30. The fraction of sp³-hybridized carbons (Fsp3) is 0.0714. The second kappa shape index (κ2) is 5.26. The molecule has 0 spiro atoms.